The Bertz CT molecular complexity index is 3130. The van der Waals surface area contributed by atoms with Gasteiger partial charge in [-0.1, -0.05) is 11.8 Å². The van der Waals surface area contributed by atoms with E-state index in [2.05, 4.69) is 50.1 Å². The predicted octanol–water partition coefficient (Wildman–Crippen LogP) is 2.96. The van der Waals surface area contributed by atoms with Crippen molar-refractivity contribution in [1.29, 1.82) is 0 Å². The van der Waals surface area contributed by atoms with Crippen molar-refractivity contribution in [2.24, 2.45) is 0 Å². The SMILES string of the molecule is Cc1cc(=O)n2[nH]c(SCC(=O)O)nc2n1.Cc1nc2nc[nH]n2c(=O)c1CC(=O)O.O=S(=O)(O)c1ccc2nc(CSCc3nc4ccc(S(O)(O)O)cc4[nH]3)[nH]c2c1. The Balaban J connectivity index is 0.000000165. The van der Waals surface area contributed by atoms with Crippen LogP contribution in [0.3, 0.4) is 0 Å². The Hall–Kier alpha value is -6.14. The molecule has 0 aliphatic rings. The van der Waals surface area contributed by atoms with E-state index >= 15 is 0 Å². The number of benzene rings is 2. The number of carbonyl (C=O) groups is 2. The average molecular weight is 905 g/mol. The first-order valence-electron chi connectivity index (χ1n) is 16.7. The van der Waals surface area contributed by atoms with Crippen LogP contribution in [0.15, 0.2) is 73.3 Å². The molecular formula is C32H32N12O12S4. The molecule has 0 atom stereocenters. The Labute approximate surface area is 344 Å². The molecule has 6 aromatic heterocycles. The van der Waals surface area contributed by atoms with Crippen molar-refractivity contribution in [2.45, 2.75) is 46.7 Å². The highest BCUT2D eigenvalue weighted by Gasteiger charge is 2.18. The number of fused-ring (bicyclic) bond motifs is 4. The molecule has 0 unspecified atom stereocenters. The van der Waals surface area contributed by atoms with Crippen LogP contribution in [0, 0.1) is 13.8 Å². The molecule has 0 saturated heterocycles. The summed E-state index contributed by atoms with van der Waals surface area (Å²) in [7, 11) is -8.06. The fourth-order valence-corrected chi connectivity index (χ4v) is 7.67. The number of nitrogens with zero attached hydrogens (tertiary/aromatic N) is 8. The molecule has 0 aliphatic carbocycles. The van der Waals surface area contributed by atoms with Gasteiger partial charge in [0.2, 0.25) is 0 Å². The molecule has 6 heterocycles. The number of carboxylic acid groups (broad SMARTS) is 2. The molecule has 24 nitrogen and oxygen atoms in total. The number of thioether (sulfide) groups is 2. The molecule has 10 N–H and O–H groups in total. The summed E-state index contributed by atoms with van der Waals surface area (Å²) >= 11 is 2.51. The molecule has 8 rings (SSSR count). The highest BCUT2D eigenvalue weighted by Crippen LogP contribution is 2.44. The molecule has 0 fully saturated rings. The third kappa shape index (κ3) is 10.5. The van der Waals surface area contributed by atoms with Crippen molar-refractivity contribution in [3.63, 3.8) is 0 Å². The first kappa shape index (κ1) is 43.4. The highest BCUT2D eigenvalue weighted by molar-refractivity contribution is 8.19. The zero-order chi connectivity index (χ0) is 43.5. The number of imidazole rings is 2. The van der Waals surface area contributed by atoms with Gasteiger partial charge in [-0.15, -0.1) is 11.8 Å². The maximum Gasteiger partial charge on any atom is 0.313 e. The number of H-pyrrole nitrogens is 4. The van der Waals surface area contributed by atoms with E-state index in [-0.39, 0.29) is 44.6 Å². The zero-order valence-electron chi connectivity index (χ0n) is 30.8. The van der Waals surface area contributed by atoms with Gasteiger partial charge in [-0.2, -0.15) is 22.4 Å². The maximum atomic E-state index is 11.7. The minimum absolute atomic E-state index is 0.0133. The molecule has 2 aromatic carbocycles. The Morgan fingerprint density at radius 1 is 0.767 bits per heavy atom. The molecule has 8 aromatic rings. The van der Waals surface area contributed by atoms with Gasteiger partial charge in [0, 0.05) is 11.8 Å². The van der Waals surface area contributed by atoms with Crippen LogP contribution >= 0.6 is 34.4 Å². The Morgan fingerprint density at radius 3 is 1.97 bits per heavy atom. The van der Waals surface area contributed by atoms with E-state index in [1.54, 1.807) is 19.9 Å². The second kappa shape index (κ2) is 17.6. The van der Waals surface area contributed by atoms with Crippen molar-refractivity contribution in [3.05, 3.63) is 98.1 Å². The zero-order valence-corrected chi connectivity index (χ0v) is 34.1. The van der Waals surface area contributed by atoms with Crippen LogP contribution < -0.4 is 11.1 Å². The van der Waals surface area contributed by atoms with Crippen LogP contribution in [0.4, 0.5) is 0 Å². The van der Waals surface area contributed by atoms with Gasteiger partial charge in [0.1, 0.15) is 28.8 Å². The number of aromatic nitrogens is 12. The average Bonchev–Trinajstić information content (AvgIpc) is 3.97. The van der Waals surface area contributed by atoms with Gasteiger partial charge in [0.25, 0.3) is 32.8 Å². The smallest absolute Gasteiger partial charge is 0.313 e. The summed E-state index contributed by atoms with van der Waals surface area (Å²) < 4.78 is 61.9. The maximum absolute atomic E-state index is 11.7. The summed E-state index contributed by atoms with van der Waals surface area (Å²) in [6.07, 6.45) is 0.993. The minimum atomic E-state index is -4.27. The summed E-state index contributed by atoms with van der Waals surface area (Å²) in [5.74, 6) is 0.713. The van der Waals surface area contributed by atoms with Gasteiger partial charge in [-0.05, 0) is 50.2 Å². The third-order valence-corrected chi connectivity index (χ3v) is 11.5. The number of carboxylic acids is 2. The summed E-state index contributed by atoms with van der Waals surface area (Å²) in [6.45, 7) is 3.29. The second-order valence-electron chi connectivity index (χ2n) is 12.4. The largest absolute Gasteiger partial charge is 0.481 e. The standard InChI is InChI=1S/C16H16N4O6S3.C8H8N4O3S.C8H8N4O3/c21-28(22,23)9-1-3-11-13(5-9)19-15(17-11)7-27-8-16-18-12-4-2-10(29(24,25)26)6-14(12)20-16;1-4-2-5(13)12-7(9-4)10-8(11-12)16-3-6(14)15;1-4-5(2-6(13)14)7(15)12-8(11-4)9-3-10-12/h1-6,21-23H,7-8H2,(H,17,19)(H,18,20)(H,24,25,26);2H,3H2,1H3,(H,14,15)(H,9,10,11);3H,2H2,1H3,(H,13,14)(H,9,10,11). The van der Waals surface area contributed by atoms with Gasteiger partial charge in [0.05, 0.1) is 66.8 Å². The second-order valence-corrected chi connectivity index (χ2v) is 17.2. The van der Waals surface area contributed by atoms with Crippen LogP contribution in [0.5, 0.6) is 0 Å². The highest BCUT2D eigenvalue weighted by atomic mass is 32.3. The molecule has 0 aliphatic heterocycles. The van der Waals surface area contributed by atoms with Gasteiger partial charge in [0.15, 0.2) is 5.16 Å². The van der Waals surface area contributed by atoms with Crippen LogP contribution in [-0.4, -0.2) is 114 Å². The fourth-order valence-electron chi connectivity index (χ4n) is 5.31. The number of aromatic amines is 4. The molecule has 0 spiro atoms. The lowest BCUT2D eigenvalue weighted by molar-refractivity contribution is -0.136. The van der Waals surface area contributed by atoms with Crippen LogP contribution in [0.25, 0.3) is 33.6 Å². The normalized spacial score (nSPS) is 12.0. The molecule has 0 bridgehead atoms. The van der Waals surface area contributed by atoms with E-state index in [1.807, 2.05) is 0 Å². The Kier molecular flexibility index (Phi) is 12.7. The number of rotatable bonds is 11. The predicted molar refractivity (Wildman–Crippen MR) is 217 cm³/mol. The summed E-state index contributed by atoms with van der Waals surface area (Å²) in [6, 6.07) is 9.95. The number of aryl methyl sites for hydroxylation is 2. The summed E-state index contributed by atoms with van der Waals surface area (Å²) in [4.78, 5) is 74.7. The summed E-state index contributed by atoms with van der Waals surface area (Å²) in [5, 5.41) is 22.7. The summed E-state index contributed by atoms with van der Waals surface area (Å²) in [5.41, 5.74) is 2.77. The van der Waals surface area contributed by atoms with Gasteiger partial charge < -0.3 is 33.8 Å². The minimum Gasteiger partial charge on any atom is -0.481 e. The molecule has 0 amide bonds. The van der Waals surface area contributed by atoms with Gasteiger partial charge in [-0.3, -0.25) is 33.9 Å². The molecule has 316 valence electrons. The van der Waals surface area contributed by atoms with E-state index in [9.17, 15) is 41.3 Å². The fraction of sp³-hybridized carbons (Fsp3) is 0.188. The van der Waals surface area contributed by atoms with Gasteiger partial charge >= 0.3 is 11.9 Å². The molecule has 0 radical (unpaired) electrons. The van der Waals surface area contributed by atoms with Crippen molar-refractivity contribution in [2.75, 3.05) is 5.75 Å². The first-order valence-corrected chi connectivity index (χ1v) is 21.8. The first-order chi connectivity index (χ1) is 28.2. The number of nitrogens with one attached hydrogen (secondary N) is 4. The number of aliphatic carboxylic acids is 2. The van der Waals surface area contributed by atoms with Crippen LogP contribution in [0.2, 0.25) is 0 Å². The van der Waals surface area contributed by atoms with E-state index in [1.165, 1.54) is 59.0 Å². The van der Waals surface area contributed by atoms with Crippen molar-refractivity contribution >= 4 is 90.1 Å². The lowest BCUT2D eigenvalue weighted by Gasteiger charge is -2.18. The topological polar surface area (TPSA) is 373 Å². The lowest BCUT2D eigenvalue weighted by atomic mass is 10.2. The molecule has 60 heavy (non-hydrogen) atoms. The van der Waals surface area contributed by atoms with E-state index in [4.69, 9.17) is 14.8 Å². The molecular weight excluding hydrogens is 873 g/mol. The van der Waals surface area contributed by atoms with Crippen LogP contribution in [0.1, 0.15) is 28.6 Å². The van der Waals surface area contributed by atoms with E-state index < -0.39 is 38.5 Å². The molecule has 0 saturated carbocycles. The quantitative estimate of drug-likeness (QED) is 0.0658. The Morgan fingerprint density at radius 2 is 1.38 bits per heavy atom. The third-order valence-electron chi connectivity index (χ3n) is 7.93. The number of hydrogen-bond acceptors (Lipinski definition) is 17. The monoisotopic (exact) mass is 904 g/mol. The van der Waals surface area contributed by atoms with Crippen LogP contribution in [-0.2, 0) is 37.6 Å². The van der Waals surface area contributed by atoms with E-state index in [0.29, 0.717) is 61.8 Å². The van der Waals surface area contributed by atoms with E-state index in [0.717, 1.165) is 16.3 Å². The van der Waals surface area contributed by atoms with Gasteiger partial charge in [-0.25, -0.2) is 24.9 Å². The lowest BCUT2D eigenvalue weighted by Crippen LogP contribution is -2.24. The van der Waals surface area contributed by atoms with Crippen molar-refractivity contribution < 1.29 is 46.4 Å². The molecule has 28 heteroatoms. The van der Waals surface area contributed by atoms with Crippen molar-refractivity contribution in [3.8, 4) is 0 Å². The number of hydrogen-bond donors (Lipinski definition) is 10. The van der Waals surface area contributed by atoms with Crippen molar-refractivity contribution in [1.82, 2.24) is 59.1 Å².